The molecule has 0 fully saturated rings. The fourth-order valence-corrected chi connectivity index (χ4v) is 2.49. The Morgan fingerprint density at radius 3 is 2.64 bits per heavy atom. The van der Waals surface area contributed by atoms with Gasteiger partial charge in [-0.1, -0.05) is 43.7 Å². The first-order chi connectivity index (χ1) is 13.2. The molecular weight excluding hydrogens is 469 g/mol. The molecule has 0 bridgehead atoms. The summed E-state index contributed by atoms with van der Waals surface area (Å²) in [5.41, 5.74) is 1.04. The van der Waals surface area contributed by atoms with Gasteiger partial charge in [0.2, 0.25) is 0 Å². The van der Waals surface area contributed by atoms with E-state index in [0.717, 1.165) is 56.0 Å². The van der Waals surface area contributed by atoms with E-state index in [2.05, 4.69) is 26.9 Å². The number of methoxy groups -OCH3 is 1. The number of guanidine groups is 1. The van der Waals surface area contributed by atoms with Crippen LogP contribution in [0.2, 0.25) is 0 Å². The molecule has 1 aromatic rings. The molecule has 0 saturated carbocycles. The standard InChI is InChI=1S/C21H33N3O3.HI/c1-4-16-27-19-13-10-9-12-18(19)17-24-21(22-5-2)23-15-11-7-6-8-14-20(25)26-3;/h4,9-10,12-13H,1,5-8,11,14-17H2,2-3H3,(H2,22,23,24);1H. The average molecular weight is 503 g/mol. The van der Waals surface area contributed by atoms with Crippen LogP contribution >= 0.6 is 24.0 Å². The van der Waals surface area contributed by atoms with Gasteiger partial charge in [0.05, 0.1) is 13.7 Å². The molecule has 7 heteroatoms. The van der Waals surface area contributed by atoms with Crippen molar-refractivity contribution in [3.8, 4) is 5.75 Å². The molecular formula is C21H34IN3O3. The number of ether oxygens (including phenoxy) is 2. The molecule has 0 aromatic heterocycles. The summed E-state index contributed by atoms with van der Waals surface area (Å²) in [5.74, 6) is 1.50. The van der Waals surface area contributed by atoms with E-state index in [0.29, 0.717) is 19.6 Å². The lowest BCUT2D eigenvalue weighted by Gasteiger charge is -2.12. The predicted octanol–water partition coefficient (Wildman–Crippen LogP) is 4.05. The van der Waals surface area contributed by atoms with Crippen LogP contribution in [0.15, 0.2) is 41.9 Å². The molecule has 0 aliphatic heterocycles. The highest BCUT2D eigenvalue weighted by molar-refractivity contribution is 14.0. The van der Waals surface area contributed by atoms with Gasteiger partial charge in [-0.05, 0) is 25.8 Å². The Balaban J connectivity index is 0.00000729. The van der Waals surface area contributed by atoms with E-state index in [1.54, 1.807) is 6.08 Å². The van der Waals surface area contributed by atoms with Gasteiger partial charge < -0.3 is 20.1 Å². The molecule has 0 radical (unpaired) electrons. The molecule has 0 aliphatic carbocycles. The van der Waals surface area contributed by atoms with Crippen molar-refractivity contribution in [3.05, 3.63) is 42.5 Å². The number of carbonyl (C=O) groups is 1. The first kappa shape index (κ1) is 26.2. The minimum atomic E-state index is -0.132. The summed E-state index contributed by atoms with van der Waals surface area (Å²) in [6.07, 6.45) is 6.24. The third-order valence-corrected chi connectivity index (χ3v) is 3.91. The summed E-state index contributed by atoms with van der Waals surface area (Å²) >= 11 is 0. The SMILES string of the molecule is C=CCOc1ccccc1CN=C(NCC)NCCCCCCC(=O)OC.I. The number of unbranched alkanes of at least 4 members (excludes halogenated alkanes) is 3. The maximum absolute atomic E-state index is 11.1. The van der Waals surface area contributed by atoms with Gasteiger partial charge in [-0.15, -0.1) is 24.0 Å². The van der Waals surface area contributed by atoms with Crippen LogP contribution in [-0.4, -0.2) is 38.7 Å². The zero-order chi connectivity index (χ0) is 19.7. The van der Waals surface area contributed by atoms with Gasteiger partial charge in [-0.2, -0.15) is 0 Å². The van der Waals surface area contributed by atoms with Gasteiger partial charge in [-0.25, -0.2) is 4.99 Å². The topological polar surface area (TPSA) is 72.0 Å². The summed E-state index contributed by atoms with van der Waals surface area (Å²) in [4.78, 5) is 15.7. The van der Waals surface area contributed by atoms with Crippen molar-refractivity contribution in [1.29, 1.82) is 0 Å². The second kappa shape index (κ2) is 17.3. The Morgan fingerprint density at radius 1 is 1.18 bits per heavy atom. The molecule has 28 heavy (non-hydrogen) atoms. The lowest BCUT2D eigenvalue weighted by Crippen LogP contribution is -2.37. The van der Waals surface area contributed by atoms with Crippen molar-refractivity contribution < 1.29 is 14.3 Å². The van der Waals surface area contributed by atoms with Gasteiger partial charge >= 0.3 is 5.97 Å². The van der Waals surface area contributed by atoms with Gasteiger partial charge in [0.1, 0.15) is 12.4 Å². The molecule has 0 spiro atoms. The van der Waals surface area contributed by atoms with Crippen molar-refractivity contribution in [1.82, 2.24) is 10.6 Å². The number of rotatable bonds is 13. The van der Waals surface area contributed by atoms with Gasteiger partial charge in [0, 0.05) is 25.1 Å². The summed E-state index contributed by atoms with van der Waals surface area (Å²) in [6.45, 7) is 8.40. The Hall–Kier alpha value is -1.77. The van der Waals surface area contributed by atoms with E-state index in [1.807, 2.05) is 31.2 Å². The number of esters is 1. The number of aliphatic imine (C=N–C) groups is 1. The highest BCUT2D eigenvalue weighted by Crippen LogP contribution is 2.18. The fraction of sp³-hybridized carbons (Fsp3) is 0.524. The molecule has 6 nitrogen and oxygen atoms in total. The quantitative estimate of drug-likeness (QED) is 0.106. The van der Waals surface area contributed by atoms with Crippen LogP contribution < -0.4 is 15.4 Å². The van der Waals surface area contributed by atoms with Crippen LogP contribution in [0.5, 0.6) is 5.75 Å². The molecule has 0 amide bonds. The summed E-state index contributed by atoms with van der Waals surface area (Å²) in [7, 11) is 1.43. The van der Waals surface area contributed by atoms with Crippen LogP contribution in [0.1, 0.15) is 44.6 Å². The van der Waals surface area contributed by atoms with Crippen LogP contribution in [-0.2, 0) is 16.1 Å². The zero-order valence-corrected chi connectivity index (χ0v) is 19.4. The van der Waals surface area contributed by atoms with Gasteiger partial charge in [0.25, 0.3) is 0 Å². The van der Waals surface area contributed by atoms with E-state index >= 15 is 0 Å². The highest BCUT2D eigenvalue weighted by Gasteiger charge is 2.03. The summed E-state index contributed by atoms with van der Waals surface area (Å²) in [5, 5.41) is 6.62. The van der Waals surface area contributed by atoms with Crippen LogP contribution in [0.25, 0.3) is 0 Å². The minimum Gasteiger partial charge on any atom is -0.489 e. The fourth-order valence-electron chi connectivity index (χ4n) is 2.49. The maximum Gasteiger partial charge on any atom is 0.305 e. The van der Waals surface area contributed by atoms with Crippen molar-refractivity contribution >= 4 is 35.9 Å². The van der Waals surface area contributed by atoms with E-state index in [9.17, 15) is 4.79 Å². The minimum absolute atomic E-state index is 0. The van der Waals surface area contributed by atoms with E-state index < -0.39 is 0 Å². The second-order valence-electron chi connectivity index (χ2n) is 6.07. The Labute approximate surface area is 186 Å². The molecule has 158 valence electrons. The molecule has 1 aromatic carbocycles. The van der Waals surface area contributed by atoms with Crippen molar-refractivity contribution in [3.63, 3.8) is 0 Å². The largest absolute Gasteiger partial charge is 0.489 e. The summed E-state index contributed by atoms with van der Waals surface area (Å²) in [6, 6.07) is 7.91. The number of nitrogens with one attached hydrogen (secondary N) is 2. The number of para-hydroxylation sites is 1. The van der Waals surface area contributed by atoms with Gasteiger partial charge in [-0.3, -0.25) is 4.79 Å². The molecule has 1 rings (SSSR count). The zero-order valence-electron chi connectivity index (χ0n) is 17.0. The molecule has 0 heterocycles. The Bertz CT molecular complexity index is 594. The molecule has 2 N–H and O–H groups in total. The lowest BCUT2D eigenvalue weighted by atomic mass is 10.1. The van der Waals surface area contributed by atoms with Crippen LogP contribution in [0, 0.1) is 0 Å². The van der Waals surface area contributed by atoms with Crippen molar-refractivity contribution in [2.24, 2.45) is 4.99 Å². The first-order valence-corrected chi connectivity index (χ1v) is 9.61. The monoisotopic (exact) mass is 503 g/mol. The Morgan fingerprint density at radius 2 is 1.93 bits per heavy atom. The average Bonchev–Trinajstić information content (AvgIpc) is 2.69. The predicted molar refractivity (Wildman–Crippen MR) is 125 cm³/mol. The van der Waals surface area contributed by atoms with E-state index in [-0.39, 0.29) is 29.9 Å². The van der Waals surface area contributed by atoms with Gasteiger partial charge in [0.15, 0.2) is 5.96 Å². The normalized spacial score (nSPS) is 10.6. The number of hydrogen-bond acceptors (Lipinski definition) is 4. The molecule has 0 atom stereocenters. The van der Waals surface area contributed by atoms with E-state index in [4.69, 9.17) is 4.74 Å². The maximum atomic E-state index is 11.1. The Kier molecular flexibility index (Phi) is 16.2. The lowest BCUT2D eigenvalue weighted by molar-refractivity contribution is -0.140. The molecule has 0 aliphatic rings. The number of carbonyl (C=O) groups excluding carboxylic acids is 1. The third kappa shape index (κ3) is 11.8. The van der Waals surface area contributed by atoms with Crippen LogP contribution in [0.4, 0.5) is 0 Å². The van der Waals surface area contributed by atoms with E-state index in [1.165, 1.54) is 7.11 Å². The van der Waals surface area contributed by atoms with Crippen molar-refractivity contribution in [2.75, 3.05) is 26.8 Å². The number of hydrogen-bond donors (Lipinski definition) is 2. The molecule has 0 unspecified atom stereocenters. The first-order valence-electron chi connectivity index (χ1n) is 9.61. The smallest absolute Gasteiger partial charge is 0.305 e. The number of halogens is 1. The number of nitrogens with zero attached hydrogens (tertiary/aromatic N) is 1. The van der Waals surface area contributed by atoms with Crippen molar-refractivity contribution in [2.45, 2.75) is 45.6 Å². The third-order valence-electron chi connectivity index (χ3n) is 3.91. The second-order valence-corrected chi connectivity index (χ2v) is 6.07. The summed E-state index contributed by atoms with van der Waals surface area (Å²) < 4.78 is 10.3. The number of benzene rings is 1. The molecule has 0 saturated heterocycles. The highest BCUT2D eigenvalue weighted by atomic mass is 127. The van der Waals surface area contributed by atoms with Crippen LogP contribution in [0.3, 0.4) is 0 Å².